The topological polar surface area (TPSA) is 45.8 Å². The van der Waals surface area contributed by atoms with Crippen LogP contribution in [0.3, 0.4) is 0 Å². The van der Waals surface area contributed by atoms with Crippen molar-refractivity contribution in [3.63, 3.8) is 0 Å². The van der Waals surface area contributed by atoms with Crippen LogP contribution in [-0.4, -0.2) is 15.7 Å². The van der Waals surface area contributed by atoms with Crippen molar-refractivity contribution in [2.45, 2.75) is 12.2 Å². The number of nitrogens with zero attached hydrogens (tertiary/aromatic N) is 1. The lowest BCUT2D eigenvalue weighted by molar-refractivity contribution is 0.923. The molecule has 17 heavy (non-hydrogen) atoms. The van der Waals surface area contributed by atoms with Crippen LogP contribution in [0, 0.1) is 0 Å². The van der Waals surface area contributed by atoms with E-state index in [2.05, 4.69) is 9.97 Å². The van der Waals surface area contributed by atoms with Gasteiger partial charge in [-0.05, 0) is 5.75 Å². The van der Waals surface area contributed by atoms with Crippen molar-refractivity contribution in [1.29, 1.82) is 0 Å². The molecule has 0 radical (unpaired) electrons. The average Bonchev–Trinajstić information content (AvgIpc) is 2.39. The highest BCUT2D eigenvalue weighted by molar-refractivity contribution is 7.98. The Labute approximate surface area is 103 Å². The maximum Gasteiger partial charge on any atom is 0.274 e. The molecular formula is C13H12N2OS. The van der Waals surface area contributed by atoms with Crippen molar-refractivity contribution in [1.82, 2.24) is 9.97 Å². The zero-order valence-corrected chi connectivity index (χ0v) is 10.1. The summed E-state index contributed by atoms with van der Waals surface area (Å²) in [5.41, 5.74) is 3.37. The van der Waals surface area contributed by atoms with Crippen LogP contribution in [0.2, 0.25) is 0 Å². The van der Waals surface area contributed by atoms with Gasteiger partial charge in [-0.15, -0.1) is 0 Å². The average molecular weight is 244 g/mol. The van der Waals surface area contributed by atoms with E-state index in [0.717, 1.165) is 34.9 Å². The summed E-state index contributed by atoms with van der Waals surface area (Å²) in [6, 6.07) is 9.62. The summed E-state index contributed by atoms with van der Waals surface area (Å²) >= 11 is 1.84. The number of rotatable bonds is 1. The minimum Gasteiger partial charge on any atom is -0.322 e. The van der Waals surface area contributed by atoms with Crippen LogP contribution in [0.1, 0.15) is 11.4 Å². The Morgan fingerprint density at radius 1 is 1.24 bits per heavy atom. The van der Waals surface area contributed by atoms with E-state index < -0.39 is 0 Å². The second kappa shape index (κ2) is 4.37. The van der Waals surface area contributed by atoms with Gasteiger partial charge in [0.15, 0.2) is 0 Å². The molecule has 3 rings (SSSR count). The number of hydrogen-bond donors (Lipinski definition) is 1. The molecule has 1 aromatic carbocycles. The third-order valence-electron chi connectivity index (χ3n) is 2.85. The molecule has 1 N–H and O–H groups in total. The van der Waals surface area contributed by atoms with Crippen molar-refractivity contribution in [3.05, 3.63) is 52.1 Å². The molecule has 1 aliphatic heterocycles. The molecule has 0 saturated heterocycles. The van der Waals surface area contributed by atoms with Gasteiger partial charge < -0.3 is 4.98 Å². The van der Waals surface area contributed by atoms with E-state index in [1.54, 1.807) is 0 Å². The fraction of sp³-hybridized carbons (Fsp3) is 0.231. The Morgan fingerprint density at radius 3 is 2.88 bits per heavy atom. The molecule has 0 atom stereocenters. The monoisotopic (exact) mass is 244 g/mol. The van der Waals surface area contributed by atoms with Crippen molar-refractivity contribution in [2.75, 3.05) is 5.75 Å². The lowest BCUT2D eigenvalue weighted by Gasteiger charge is -2.14. The van der Waals surface area contributed by atoms with Gasteiger partial charge in [-0.3, -0.25) is 4.79 Å². The maximum atomic E-state index is 12.0. The second-order valence-corrected chi connectivity index (χ2v) is 5.11. The number of thioether (sulfide) groups is 1. The molecule has 2 heterocycles. The van der Waals surface area contributed by atoms with Crippen LogP contribution in [0.25, 0.3) is 11.3 Å². The van der Waals surface area contributed by atoms with Gasteiger partial charge in [0.1, 0.15) is 5.69 Å². The summed E-state index contributed by atoms with van der Waals surface area (Å²) in [6.45, 7) is 0. The molecule has 0 bridgehead atoms. The summed E-state index contributed by atoms with van der Waals surface area (Å²) in [6.07, 6.45) is 0.941. The van der Waals surface area contributed by atoms with Gasteiger partial charge in [0.05, 0.1) is 5.69 Å². The fourth-order valence-electron chi connectivity index (χ4n) is 1.98. The Morgan fingerprint density at radius 2 is 2.06 bits per heavy atom. The first-order chi connectivity index (χ1) is 8.34. The van der Waals surface area contributed by atoms with Gasteiger partial charge in [0.25, 0.3) is 5.56 Å². The maximum absolute atomic E-state index is 12.0. The largest absolute Gasteiger partial charge is 0.322 e. The first-order valence-corrected chi connectivity index (χ1v) is 6.75. The van der Waals surface area contributed by atoms with E-state index in [-0.39, 0.29) is 5.56 Å². The summed E-state index contributed by atoms with van der Waals surface area (Å²) in [5.74, 6) is 1.95. The molecule has 86 valence electrons. The molecule has 4 heteroatoms. The SMILES string of the molecule is O=c1[nH]c2c(nc1-c1ccccc1)CCSC2. The first-order valence-electron chi connectivity index (χ1n) is 5.60. The van der Waals surface area contributed by atoms with Crippen LogP contribution in [0.5, 0.6) is 0 Å². The highest BCUT2D eigenvalue weighted by Crippen LogP contribution is 2.22. The quantitative estimate of drug-likeness (QED) is 0.836. The minimum atomic E-state index is -0.0857. The number of benzene rings is 1. The van der Waals surface area contributed by atoms with Gasteiger partial charge >= 0.3 is 0 Å². The smallest absolute Gasteiger partial charge is 0.274 e. The van der Waals surface area contributed by atoms with Crippen molar-refractivity contribution in [3.8, 4) is 11.3 Å². The Kier molecular flexibility index (Phi) is 2.73. The number of nitrogens with one attached hydrogen (secondary N) is 1. The number of H-pyrrole nitrogens is 1. The summed E-state index contributed by atoms with van der Waals surface area (Å²) in [5, 5.41) is 0. The zero-order valence-electron chi connectivity index (χ0n) is 9.27. The highest BCUT2D eigenvalue weighted by Gasteiger charge is 2.15. The third kappa shape index (κ3) is 2.00. The van der Waals surface area contributed by atoms with Crippen LogP contribution in [-0.2, 0) is 12.2 Å². The van der Waals surface area contributed by atoms with E-state index in [1.165, 1.54) is 0 Å². The zero-order chi connectivity index (χ0) is 11.7. The van der Waals surface area contributed by atoms with Gasteiger partial charge in [-0.25, -0.2) is 4.98 Å². The standard InChI is InChI=1S/C13H12N2OS/c16-13-12(9-4-2-1-3-5-9)14-10-6-7-17-8-11(10)15-13/h1-5H,6-8H2,(H,15,16). The molecule has 0 spiro atoms. The molecule has 0 saturated carbocycles. The van der Waals surface area contributed by atoms with Gasteiger partial charge in [-0.2, -0.15) is 11.8 Å². The number of aromatic amines is 1. The molecule has 0 unspecified atom stereocenters. The van der Waals surface area contributed by atoms with E-state index in [9.17, 15) is 4.79 Å². The van der Waals surface area contributed by atoms with E-state index in [1.807, 2.05) is 42.1 Å². The molecule has 3 nitrogen and oxygen atoms in total. The molecular weight excluding hydrogens is 232 g/mol. The number of aromatic nitrogens is 2. The van der Waals surface area contributed by atoms with E-state index in [0.29, 0.717) is 5.69 Å². The molecule has 2 aromatic rings. The highest BCUT2D eigenvalue weighted by atomic mass is 32.2. The molecule has 0 fully saturated rings. The normalized spacial score (nSPS) is 14.4. The van der Waals surface area contributed by atoms with Crippen molar-refractivity contribution < 1.29 is 0 Å². The predicted octanol–water partition coefficient (Wildman–Crippen LogP) is 2.23. The summed E-state index contributed by atoms with van der Waals surface area (Å²) in [7, 11) is 0. The third-order valence-corrected chi connectivity index (χ3v) is 3.84. The summed E-state index contributed by atoms with van der Waals surface area (Å²) < 4.78 is 0. The van der Waals surface area contributed by atoms with Gasteiger partial charge in [0.2, 0.25) is 0 Å². The van der Waals surface area contributed by atoms with Crippen LogP contribution < -0.4 is 5.56 Å². The minimum absolute atomic E-state index is 0.0857. The molecule has 0 amide bonds. The van der Waals surface area contributed by atoms with E-state index in [4.69, 9.17) is 0 Å². The van der Waals surface area contributed by atoms with Crippen LogP contribution >= 0.6 is 11.8 Å². The lowest BCUT2D eigenvalue weighted by atomic mass is 10.1. The summed E-state index contributed by atoms with van der Waals surface area (Å²) in [4.78, 5) is 19.4. The Balaban J connectivity index is 2.15. The molecule has 1 aromatic heterocycles. The van der Waals surface area contributed by atoms with Gasteiger partial charge in [-0.1, -0.05) is 30.3 Å². The van der Waals surface area contributed by atoms with Gasteiger partial charge in [0, 0.05) is 23.4 Å². The first kappa shape index (κ1) is 10.6. The Bertz CT molecular complexity index is 592. The van der Waals surface area contributed by atoms with Crippen molar-refractivity contribution in [2.24, 2.45) is 0 Å². The second-order valence-electron chi connectivity index (χ2n) is 4.01. The van der Waals surface area contributed by atoms with E-state index >= 15 is 0 Å². The Hall–Kier alpha value is -1.55. The molecule has 1 aliphatic rings. The predicted molar refractivity (Wildman–Crippen MR) is 70.2 cm³/mol. The molecule has 0 aliphatic carbocycles. The van der Waals surface area contributed by atoms with Crippen molar-refractivity contribution >= 4 is 11.8 Å². The number of aryl methyl sites for hydroxylation is 1. The number of fused-ring (bicyclic) bond motifs is 1. The van der Waals surface area contributed by atoms with Crippen LogP contribution in [0.4, 0.5) is 0 Å². The lowest BCUT2D eigenvalue weighted by Crippen LogP contribution is -2.19. The number of hydrogen-bond acceptors (Lipinski definition) is 3. The van der Waals surface area contributed by atoms with Crippen LogP contribution in [0.15, 0.2) is 35.1 Å². The fourth-order valence-corrected chi connectivity index (χ4v) is 2.91.